The average molecular weight is 247 g/mol. The maximum absolute atomic E-state index is 8.48. The van der Waals surface area contributed by atoms with Crippen LogP contribution in [0.15, 0.2) is 6.07 Å². The summed E-state index contributed by atoms with van der Waals surface area (Å²) >= 11 is 5.71. The predicted octanol–water partition coefficient (Wildman–Crippen LogP) is 0.523. The fourth-order valence-corrected chi connectivity index (χ4v) is 1.27. The van der Waals surface area contributed by atoms with Gasteiger partial charge in [-0.3, -0.25) is 0 Å². The SMILES string of the molecule is Nc1nc(Cl)cc(NCCCOCCO)n1. The number of nitrogens with one attached hydrogen (secondary N) is 1. The van der Waals surface area contributed by atoms with E-state index in [0.717, 1.165) is 6.42 Å². The van der Waals surface area contributed by atoms with Crippen LogP contribution in [0.4, 0.5) is 11.8 Å². The van der Waals surface area contributed by atoms with Gasteiger partial charge in [0.25, 0.3) is 0 Å². The molecule has 7 heteroatoms. The molecule has 4 N–H and O–H groups in total. The van der Waals surface area contributed by atoms with Crippen LogP contribution in [0.5, 0.6) is 0 Å². The highest BCUT2D eigenvalue weighted by atomic mass is 35.5. The van der Waals surface area contributed by atoms with Gasteiger partial charge in [-0.25, -0.2) is 4.98 Å². The molecule has 0 aliphatic heterocycles. The molecule has 0 aromatic carbocycles. The zero-order valence-corrected chi connectivity index (χ0v) is 9.57. The second-order valence-corrected chi connectivity index (χ2v) is 3.44. The van der Waals surface area contributed by atoms with Gasteiger partial charge in [-0.1, -0.05) is 11.6 Å². The Morgan fingerprint density at radius 1 is 1.44 bits per heavy atom. The number of hydrogen-bond acceptors (Lipinski definition) is 6. The fraction of sp³-hybridized carbons (Fsp3) is 0.556. The summed E-state index contributed by atoms with van der Waals surface area (Å²) in [7, 11) is 0. The Hall–Kier alpha value is -1.11. The van der Waals surface area contributed by atoms with Gasteiger partial charge in [0.05, 0.1) is 13.2 Å². The molecule has 0 atom stereocenters. The van der Waals surface area contributed by atoms with E-state index in [4.69, 9.17) is 27.2 Å². The molecule has 6 nitrogen and oxygen atoms in total. The summed E-state index contributed by atoms with van der Waals surface area (Å²) in [6, 6.07) is 1.60. The molecule has 1 rings (SSSR count). The van der Waals surface area contributed by atoms with Gasteiger partial charge in [0.2, 0.25) is 5.95 Å². The molecule has 1 aromatic heterocycles. The smallest absolute Gasteiger partial charge is 0.223 e. The largest absolute Gasteiger partial charge is 0.394 e. The van der Waals surface area contributed by atoms with Crippen molar-refractivity contribution in [1.82, 2.24) is 9.97 Å². The van der Waals surface area contributed by atoms with Crippen molar-refractivity contribution < 1.29 is 9.84 Å². The normalized spacial score (nSPS) is 10.4. The molecule has 1 aromatic rings. The minimum absolute atomic E-state index is 0.0471. The fourth-order valence-electron chi connectivity index (χ4n) is 1.08. The zero-order chi connectivity index (χ0) is 11.8. The number of halogens is 1. The Balaban J connectivity index is 2.21. The standard InChI is InChI=1S/C9H15ClN4O2/c10-7-6-8(14-9(11)13-7)12-2-1-4-16-5-3-15/h6,15H,1-5H2,(H3,11,12,13,14). The Kier molecular flexibility index (Phi) is 5.84. The summed E-state index contributed by atoms with van der Waals surface area (Å²) in [6.07, 6.45) is 0.807. The van der Waals surface area contributed by atoms with E-state index in [1.54, 1.807) is 6.07 Å². The molecule has 0 saturated carbocycles. The number of nitrogens with two attached hydrogens (primary N) is 1. The van der Waals surface area contributed by atoms with E-state index in [2.05, 4.69) is 15.3 Å². The monoisotopic (exact) mass is 246 g/mol. The number of aliphatic hydroxyl groups excluding tert-OH is 1. The summed E-state index contributed by atoms with van der Waals surface area (Å²) in [6.45, 7) is 1.69. The second-order valence-electron chi connectivity index (χ2n) is 3.05. The lowest BCUT2D eigenvalue weighted by atomic mass is 10.4. The molecular formula is C9H15ClN4O2. The van der Waals surface area contributed by atoms with Crippen LogP contribution in [-0.4, -0.2) is 41.4 Å². The first-order valence-electron chi connectivity index (χ1n) is 4.95. The van der Waals surface area contributed by atoms with E-state index in [-0.39, 0.29) is 12.6 Å². The summed E-state index contributed by atoms with van der Waals surface area (Å²) < 4.78 is 5.09. The van der Waals surface area contributed by atoms with Crippen LogP contribution in [0.2, 0.25) is 5.15 Å². The van der Waals surface area contributed by atoms with Gasteiger partial charge >= 0.3 is 0 Å². The molecular weight excluding hydrogens is 232 g/mol. The van der Waals surface area contributed by atoms with Crippen LogP contribution >= 0.6 is 11.6 Å². The van der Waals surface area contributed by atoms with Crippen LogP contribution in [0, 0.1) is 0 Å². The minimum atomic E-state index is 0.0471. The topological polar surface area (TPSA) is 93.3 Å². The third-order valence-electron chi connectivity index (χ3n) is 1.72. The Labute approximate surface area is 98.8 Å². The summed E-state index contributed by atoms with van der Waals surface area (Å²) in [5, 5.41) is 11.8. The lowest BCUT2D eigenvalue weighted by molar-refractivity contribution is 0.0922. The van der Waals surface area contributed by atoms with Gasteiger partial charge < -0.3 is 20.9 Å². The van der Waals surface area contributed by atoms with Gasteiger partial charge in [-0.2, -0.15) is 4.98 Å². The highest BCUT2D eigenvalue weighted by molar-refractivity contribution is 6.29. The highest BCUT2D eigenvalue weighted by Gasteiger charge is 1.99. The first-order valence-corrected chi connectivity index (χ1v) is 5.32. The number of anilines is 2. The lowest BCUT2D eigenvalue weighted by Crippen LogP contribution is -2.09. The molecule has 0 saturated heterocycles. The number of nitrogens with zero attached hydrogens (tertiary/aromatic N) is 2. The summed E-state index contributed by atoms with van der Waals surface area (Å²) in [5.41, 5.74) is 5.43. The van der Waals surface area contributed by atoms with Crippen LogP contribution in [-0.2, 0) is 4.74 Å². The van der Waals surface area contributed by atoms with E-state index < -0.39 is 0 Å². The zero-order valence-electron chi connectivity index (χ0n) is 8.82. The third-order valence-corrected chi connectivity index (χ3v) is 1.91. The van der Waals surface area contributed by atoms with Crippen molar-refractivity contribution in [3.05, 3.63) is 11.2 Å². The van der Waals surface area contributed by atoms with E-state index in [1.165, 1.54) is 0 Å². The van der Waals surface area contributed by atoms with E-state index in [1.807, 2.05) is 0 Å². The van der Waals surface area contributed by atoms with Crippen molar-refractivity contribution in [2.24, 2.45) is 0 Å². The molecule has 0 fully saturated rings. The minimum Gasteiger partial charge on any atom is -0.394 e. The van der Waals surface area contributed by atoms with Crippen LogP contribution in [0.1, 0.15) is 6.42 Å². The Morgan fingerprint density at radius 2 is 2.25 bits per heavy atom. The number of aromatic nitrogens is 2. The van der Waals surface area contributed by atoms with Gasteiger partial charge in [0.1, 0.15) is 11.0 Å². The molecule has 0 aliphatic rings. The summed E-state index contributed by atoms with van der Waals surface area (Å²) in [4.78, 5) is 7.70. The maximum Gasteiger partial charge on any atom is 0.223 e. The van der Waals surface area contributed by atoms with E-state index >= 15 is 0 Å². The van der Waals surface area contributed by atoms with Crippen molar-refractivity contribution in [3.8, 4) is 0 Å². The van der Waals surface area contributed by atoms with Gasteiger partial charge in [0, 0.05) is 19.2 Å². The van der Waals surface area contributed by atoms with E-state index in [0.29, 0.717) is 30.7 Å². The second kappa shape index (κ2) is 7.21. The molecule has 0 amide bonds. The van der Waals surface area contributed by atoms with Crippen molar-refractivity contribution >= 4 is 23.4 Å². The van der Waals surface area contributed by atoms with Gasteiger partial charge in [-0.05, 0) is 6.42 Å². The molecule has 0 radical (unpaired) electrons. The van der Waals surface area contributed by atoms with Gasteiger partial charge in [-0.15, -0.1) is 0 Å². The van der Waals surface area contributed by atoms with Gasteiger partial charge in [0.15, 0.2) is 0 Å². The molecule has 0 spiro atoms. The number of ether oxygens (including phenoxy) is 1. The van der Waals surface area contributed by atoms with Crippen molar-refractivity contribution in [3.63, 3.8) is 0 Å². The average Bonchev–Trinajstić information content (AvgIpc) is 2.22. The van der Waals surface area contributed by atoms with Crippen LogP contribution in [0.3, 0.4) is 0 Å². The predicted molar refractivity (Wildman–Crippen MR) is 62.5 cm³/mol. The number of nitrogen functional groups attached to an aromatic ring is 1. The molecule has 16 heavy (non-hydrogen) atoms. The summed E-state index contributed by atoms with van der Waals surface area (Å²) in [5.74, 6) is 0.742. The molecule has 0 aliphatic carbocycles. The first-order chi connectivity index (χ1) is 7.72. The van der Waals surface area contributed by atoms with E-state index in [9.17, 15) is 0 Å². The molecule has 90 valence electrons. The highest BCUT2D eigenvalue weighted by Crippen LogP contribution is 2.11. The molecule has 0 bridgehead atoms. The number of rotatable bonds is 7. The van der Waals surface area contributed by atoms with Crippen molar-refractivity contribution in [2.75, 3.05) is 37.4 Å². The molecule has 0 unspecified atom stereocenters. The number of aliphatic hydroxyl groups is 1. The van der Waals surface area contributed by atoms with Crippen molar-refractivity contribution in [1.29, 1.82) is 0 Å². The third kappa shape index (κ3) is 5.11. The van der Waals surface area contributed by atoms with Crippen LogP contribution < -0.4 is 11.1 Å². The Bertz CT molecular complexity index is 304. The quantitative estimate of drug-likeness (QED) is 0.480. The van der Waals surface area contributed by atoms with Crippen molar-refractivity contribution in [2.45, 2.75) is 6.42 Å². The maximum atomic E-state index is 8.48. The molecule has 1 heterocycles. The Morgan fingerprint density at radius 3 is 2.94 bits per heavy atom. The first kappa shape index (κ1) is 13.0. The van der Waals surface area contributed by atoms with Crippen LogP contribution in [0.25, 0.3) is 0 Å². The lowest BCUT2D eigenvalue weighted by Gasteiger charge is -2.06. The number of hydrogen-bond donors (Lipinski definition) is 3.